The van der Waals surface area contributed by atoms with Crippen molar-refractivity contribution in [1.82, 2.24) is 4.90 Å². The molecule has 1 unspecified atom stereocenters. The van der Waals surface area contributed by atoms with Crippen LogP contribution in [0.25, 0.3) is 0 Å². The Hall–Kier alpha value is -0.0800. The molecule has 2 N–H and O–H groups in total. The summed E-state index contributed by atoms with van der Waals surface area (Å²) in [5.41, 5.74) is 5.87. The van der Waals surface area contributed by atoms with Crippen molar-refractivity contribution in [3.05, 3.63) is 0 Å². The smallest absolute Gasteiger partial charge is 0.0128 e. The molecule has 0 amide bonds. The van der Waals surface area contributed by atoms with Gasteiger partial charge in [-0.25, -0.2) is 0 Å². The largest absolute Gasteiger partial charge is 0.328 e. The maximum Gasteiger partial charge on any atom is 0.0128 e. The van der Waals surface area contributed by atoms with Gasteiger partial charge in [0.15, 0.2) is 0 Å². The quantitative estimate of drug-likeness (QED) is 0.749. The van der Waals surface area contributed by atoms with Crippen LogP contribution in [0.5, 0.6) is 0 Å². The molecule has 14 heavy (non-hydrogen) atoms. The highest BCUT2D eigenvalue weighted by molar-refractivity contribution is 4.93. The number of hydrogen-bond acceptors (Lipinski definition) is 2. The molecule has 2 fully saturated rings. The van der Waals surface area contributed by atoms with E-state index in [4.69, 9.17) is 5.73 Å². The zero-order valence-electron chi connectivity index (χ0n) is 9.41. The highest BCUT2D eigenvalue weighted by atomic mass is 15.2. The molecule has 0 aromatic heterocycles. The molecule has 2 heteroatoms. The van der Waals surface area contributed by atoms with Gasteiger partial charge in [0.2, 0.25) is 0 Å². The van der Waals surface area contributed by atoms with Crippen LogP contribution in [-0.2, 0) is 0 Å². The Labute approximate surface area is 87.8 Å². The van der Waals surface area contributed by atoms with Gasteiger partial charge in [-0.2, -0.15) is 0 Å². The summed E-state index contributed by atoms with van der Waals surface area (Å²) in [6, 6.07) is 2.22. The standard InChI is InChI=1S/C12H24N2/c1-2-5-11-6-3-4-7-14(11)12-8-10(13)9-12/h10-12H,2-9,13H2,1H3. The third-order valence-corrected chi connectivity index (χ3v) is 3.91. The summed E-state index contributed by atoms with van der Waals surface area (Å²) in [5, 5.41) is 0. The average molecular weight is 196 g/mol. The van der Waals surface area contributed by atoms with Crippen LogP contribution in [0.2, 0.25) is 0 Å². The first-order valence-electron chi connectivity index (χ1n) is 6.32. The van der Waals surface area contributed by atoms with E-state index in [0.717, 1.165) is 12.1 Å². The van der Waals surface area contributed by atoms with E-state index in [1.165, 1.54) is 51.5 Å². The molecule has 0 spiro atoms. The van der Waals surface area contributed by atoms with E-state index in [1.54, 1.807) is 0 Å². The lowest BCUT2D eigenvalue weighted by molar-refractivity contribution is 0.0376. The molecule has 1 saturated carbocycles. The summed E-state index contributed by atoms with van der Waals surface area (Å²) in [5.74, 6) is 0. The van der Waals surface area contributed by atoms with Crippen LogP contribution in [0.3, 0.4) is 0 Å². The Morgan fingerprint density at radius 3 is 2.71 bits per heavy atom. The van der Waals surface area contributed by atoms with E-state index in [2.05, 4.69) is 11.8 Å². The number of likely N-dealkylation sites (tertiary alicyclic amines) is 1. The van der Waals surface area contributed by atoms with Crippen LogP contribution < -0.4 is 5.73 Å². The van der Waals surface area contributed by atoms with E-state index < -0.39 is 0 Å². The summed E-state index contributed by atoms with van der Waals surface area (Å²) in [7, 11) is 0. The third kappa shape index (κ3) is 2.12. The monoisotopic (exact) mass is 196 g/mol. The summed E-state index contributed by atoms with van der Waals surface area (Å²) in [6.45, 7) is 3.64. The third-order valence-electron chi connectivity index (χ3n) is 3.91. The van der Waals surface area contributed by atoms with Crippen molar-refractivity contribution in [2.24, 2.45) is 5.73 Å². The first kappa shape index (κ1) is 10.4. The molecule has 0 radical (unpaired) electrons. The number of rotatable bonds is 3. The zero-order valence-corrected chi connectivity index (χ0v) is 9.41. The second kappa shape index (κ2) is 4.63. The van der Waals surface area contributed by atoms with Crippen molar-refractivity contribution < 1.29 is 0 Å². The molecular weight excluding hydrogens is 172 g/mol. The van der Waals surface area contributed by atoms with Crippen molar-refractivity contribution in [2.75, 3.05) is 6.54 Å². The van der Waals surface area contributed by atoms with Crippen LogP contribution in [0.15, 0.2) is 0 Å². The van der Waals surface area contributed by atoms with Crippen LogP contribution in [0.1, 0.15) is 51.9 Å². The summed E-state index contributed by atoms with van der Waals surface area (Å²) in [4.78, 5) is 2.76. The molecule has 0 bridgehead atoms. The van der Waals surface area contributed by atoms with Crippen LogP contribution in [-0.4, -0.2) is 29.6 Å². The molecular formula is C12H24N2. The lowest BCUT2D eigenvalue weighted by Gasteiger charge is -2.47. The van der Waals surface area contributed by atoms with Gasteiger partial charge < -0.3 is 5.73 Å². The molecule has 1 aliphatic carbocycles. The fourth-order valence-electron chi connectivity index (χ4n) is 3.05. The summed E-state index contributed by atoms with van der Waals surface area (Å²) >= 11 is 0. The van der Waals surface area contributed by atoms with Crippen molar-refractivity contribution in [3.8, 4) is 0 Å². The van der Waals surface area contributed by atoms with E-state index in [-0.39, 0.29) is 0 Å². The molecule has 2 rings (SSSR count). The number of nitrogens with zero attached hydrogens (tertiary/aromatic N) is 1. The van der Waals surface area contributed by atoms with Crippen molar-refractivity contribution in [1.29, 1.82) is 0 Å². The maximum absolute atomic E-state index is 5.87. The van der Waals surface area contributed by atoms with Gasteiger partial charge in [-0.15, -0.1) is 0 Å². The second-order valence-electron chi connectivity index (χ2n) is 5.06. The normalized spacial score (nSPS) is 39.4. The molecule has 1 heterocycles. The van der Waals surface area contributed by atoms with Crippen molar-refractivity contribution in [2.45, 2.75) is 70.0 Å². The van der Waals surface area contributed by atoms with Crippen LogP contribution >= 0.6 is 0 Å². The molecule has 0 aromatic rings. The minimum atomic E-state index is 0.504. The zero-order chi connectivity index (χ0) is 9.97. The molecule has 1 saturated heterocycles. The van der Waals surface area contributed by atoms with Gasteiger partial charge in [-0.1, -0.05) is 19.8 Å². The van der Waals surface area contributed by atoms with Crippen molar-refractivity contribution in [3.63, 3.8) is 0 Å². The highest BCUT2D eigenvalue weighted by Gasteiger charge is 2.35. The Morgan fingerprint density at radius 2 is 2.07 bits per heavy atom. The Morgan fingerprint density at radius 1 is 1.29 bits per heavy atom. The van der Waals surface area contributed by atoms with Gasteiger partial charge in [0, 0.05) is 18.1 Å². The maximum atomic E-state index is 5.87. The first-order valence-corrected chi connectivity index (χ1v) is 6.32. The summed E-state index contributed by atoms with van der Waals surface area (Å²) in [6.07, 6.45) is 9.51. The predicted octanol–water partition coefficient (Wildman–Crippen LogP) is 2.13. The first-order chi connectivity index (χ1) is 6.81. The van der Waals surface area contributed by atoms with Gasteiger partial charge in [0.25, 0.3) is 0 Å². The SMILES string of the molecule is CCCC1CCCCN1C1CC(N)C1. The minimum absolute atomic E-state index is 0.504. The van der Waals surface area contributed by atoms with Gasteiger partial charge >= 0.3 is 0 Å². The Kier molecular flexibility index (Phi) is 3.45. The van der Waals surface area contributed by atoms with Crippen LogP contribution in [0, 0.1) is 0 Å². The van der Waals surface area contributed by atoms with Gasteiger partial charge in [0.05, 0.1) is 0 Å². The van der Waals surface area contributed by atoms with E-state index >= 15 is 0 Å². The van der Waals surface area contributed by atoms with E-state index in [0.29, 0.717) is 6.04 Å². The lowest BCUT2D eigenvalue weighted by Crippen LogP contribution is -2.55. The molecule has 0 aromatic carbocycles. The van der Waals surface area contributed by atoms with E-state index in [9.17, 15) is 0 Å². The number of hydrogen-bond donors (Lipinski definition) is 1. The van der Waals surface area contributed by atoms with Gasteiger partial charge in [-0.3, -0.25) is 4.90 Å². The average Bonchev–Trinajstić information content (AvgIpc) is 2.15. The lowest BCUT2D eigenvalue weighted by atomic mass is 9.83. The minimum Gasteiger partial charge on any atom is -0.328 e. The highest BCUT2D eigenvalue weighted by Crippen LogP contribution is 2.31. The summed E-state index contributed by atoms with van der Waals surface area (Å²) < 4.78 is 0. The molecule has 2 nitrogen and oxygen atoms in total. The topological polar surface area (TPSA) is 29.3 Å². The number of piperidine rings is 1. The molecule has 1 atom stereocenters. The van der Waals surface area contributed by atoms with Crippen LogP contribution in [0.4, 0.5) is 0 Å². The predicted molar refractivity (Wildman–Crippen MR) is 60.3 cm³/mol. The number of nitrogens with two attached hydrogens (primary N) is 1. The van der Waals surface area contributed by atoms with Crippen molar-refractivity contribution >= 4 is 0 Å². The fourth-order valence-corrected chi connectivity index (χ4v) is 3.05. The Balaban J connectivity index is 1.86. The molecule has 1 aliphatic heterocycles. The van der Waals surface area contributed by atoms with Gasteiger partial charge in [-0.05, 0) is 38.6 Å². The van der Waals surface area contributed by atoms with E-state index in [1.807, 2.05) is 0 Å². The molecule has 2 aliphatic rings. The van der Waals surface area contributed by atoms with Gasteiger partial charge in [0.1, 0.15) is 0 Å². The molecule has 82 valence electrons. The second-order valence-corrected chi connectivity index (χ2v) is 5.06. The Bertz CT molecular complexity index is 173. The fraction of sp³-hybridized carbons (Fsp3) is 1.00.